The molecule has 1 aliphatic heterocycles. The number of hydrogen-bond acceptors (Lipinski definition) is 4. The molecule has 0 radical (unpaired) electrons. The topological polar surface area (TPSA) is 58.9 Å². The van der Waals surface area contributed by atoms with Gasteiger partial charge in [-0.2, -0.15) is 0 Å². The summed E-state index contributed by atoms with van der Waals surface area (Å²) in [6, 6.07) is 5.66. The molecule has 3 rings (SSSR count). The van der Waals surface area contributed by atoms with Gasteiger partial charge in [0.15, 0.2) is 5.15 Å². The number of carbonyl (C=O) groups excluding carboxylic acids is 1. The van der Waals surface area contributed by atoms with E-state index >= 15 is 0 Å². The summed E-state index contributed by atoms with van der Waals surface area (Å²) in [5, 5.41) is 3.28. The average Bonchev–Trinajstić information content (AvgIpc) is 2.93. The van der Waals surface area contributed by atoms with E-state index in [1.165, 1.54) is 6.08 Å². The highest BCUT2D eigenvalue weighted by atomic mass is 35.5. The van der Waals surface area contributed by atoms with Crippen LogP contribution in [0.3, 0.4) is 0 Å². The Balaban J connectivity index is 1.54. The molecule has 0 bridgehead atoms. The number of amides is 1. The summed E-state index contributed by atoms with van der Waals surface area (Å²) in [6.45, 7) is 8.49. The Morgan fingerprint density at radius 3 is 3.15 bits per heavy atom. The number of pyridine rings is 1. The van der Waals surface area contributed by atoms with E-state index in [-0.39, 0.29) is 12.0 Å². The zero-order valence-electron chi connectivity index (χ0n) is 15.2. The summed E-state index contributed by atoms with van der Waals surface area (Å²) in [5.74, 6) is 0.457. The van der Waals surface area contributed by atoms with Crippen molar-refractivity contribution < 1.29 is 9.53 Å². The molecule has 1 saturated heterocycles. The number of carbonyl (C=O) groups is 1. The Bertz CT molecular complexity index is 787. The minimum absolute atomic E-state index is 0.0271. The van der Waals surface area contributed by atoms with Crippen LogP contribution in [0.1, 0.15) is 19.5 Å². The average molecular weight is 377 g/mol. The van der Waals surface area contributed by atoms with Crippen LogP contribution in [0.2, 0.25) is 5.15 Å². The van der Waals surface area contributed by atoms with Gasteiger partial charge in [-0.15, -0.1) is 0 Å². The first-order valence-electron chi connectivity index (χ1n) is 8.95. The van der Waals surface area contributed by atoms with Crippen LogP contribution in [0.15, 0.2) is 30.5 Å². The maximum Gasteiger partial charge on any atom is 0.244 e. The third-order valence-electron chi connectivity index (χ3n) is 4.26. The molecule has 0 aliphatic carbocycles. The number of imidazole rings is 1. The maximum absolute atomic E-state index is 12.1. The molecule has 1 atom stereocenters. The fourth-order valence-electron chi connectivity index (χ4n) is 3.15. The lowest BCUT2D eigenvalue weighted by atomic mass is 10.2. The third-order valence-corrected chi connectivity index (χ3v) is 4.54. The minimum Gasteiger partial charge on any atom is -0.374 e. The molecule has 6 nitrogen and oxygen atoms in total. The number of nitrogens with one attached hydrogen (secondary N) is 1. The van der Waals surface area contributed by atoms with Crippen LogP contribution in [-0.2, 0) is 9.53 Å². The lowest BCUT2D eigenvalue weighted by molar-refractivity contribution is -0.117. The van der Waals surface area contributed by atoms with Crippen molar-refractivity contribution >= 4 is 29.2 Å². The number of halogens is 1. The molecule has 2 aromatic rings. The Morgan fingerprint density at radius 1 is 1.50 bits per heavy atom. The number of aromatic nitrogens is 2. The van der Waals surface area contributed by atoms with Crippen molar-refractivity contribution in [2.45, 2.75) is 20.0 Å². The standard InChI is InChI=1S/C19H25ClN4O2/c1-14(2)12-23-9-10-26-15(13-23)11-21-18(25)7-6-16-19(20)22-17-5-3-4-8-24(16)17/h3-8,14-15H,9-13H2,1-2H3,(H,21,25)/b7-6+. The minimum atomic E-state index is -0.170. The summed E-state index contributed by atoms with van der Waals surface area (Å²) in [6.07, 6.45) is 5.06. The smallest absolute Gasteiger partial charge is 0.244 e. The number of hydrogen-bond donors (Lipinski definition) is 1. The largest absolute Gasteiger partial charge is 0.374 e. The number of rotatable bonds is 6. The van der Waals surface area contributed by atoms with Gasteiger partial charge in [0.1, 0.15) is 5.65 Å². The van der Waals surface area contributed by atoms with Crippen LogP contribution in [0.4, 0.5) is 0 Å². The predicted octanol–water partition coefficient (Wildman–Crippen LogP) is 2.47. The van der Waals surface area contributed by atoms with E-state index in [9.17, 15) is 4.79 Å². The van der Waals surface area contributed by atoms with Crippen molar-refractivity contribution in [3.63, 3.8) is 0 Å². The van der Waals surface area contributed by atoms with Gasteiger partial charge in [-0.1, -0.05) is 31.5 Å². The van der Waals surface area contributed by atoms with Gasteiger partial charge in [-0.05, 0) is 24.1 Å². The van der Waals surface area contributed by atoms with Crippen LogP contribution in [0, 0.1) is 5.92 Å². The highest BCUT2D eigenvalue weighted by molar-refractivity contribution is 6.31. The zero-order chi connectivity index (χ0) is 18.5. The second kappa shape index (κ2) is 8.66. The molecular formula is C19H25ClN4O2. The monoisotopic (exact) mass is 376 g/mol. The molecule has 1 N–H and O–H groups in total. The molecule has 0 spiro atoms. The van der Waals surface area contributed by atoms with E-state index in [0.29, 0.717) is 29.9 Å². The van der Waals surface area contributed by atoms with Crippen molar-refractivity contribution in [1.82, 2.24) is 19.6 Å². The van der Waals surface area contributed by atoms with Crippen LogP contribution < -0.4 is 5.32 Å². The first-order chi connectivity index (χ1) is 12.5. The number of fused-ring (bicyclic) bond motifs is 1. The number of ether oxygens (including phenoxy) is 1. The van der Waals surface area contributed by atoms with Gasteiger partial charge in [0.25, 0.3) is 0 Å². The SMILES string of the molecule is CC(C)CN1CCOC(CNC(=O)/C=C/c2c(Cl)nc3ccccn23)C1. The number of morpholine rings is 1. The first-order valence-corrected chi connectivity index (χ1v) is 9.33. The van der Waals surface area contributed by atoms with Gasteiger partial charge in [-0.3, -0.25) is 14.1 Å². The summed E-state index contributed by atoms with van der Waals surface area (Å²) in [4.78, 5) is 18.8. The Labute approximate surface area is 158 Å². The van der Waals surface area contributed by atoms with Gasteiger partial charge < -0.3 is 10.1 Å². The molecule has 1 unspecified atom stereocenters. The van der Waals surface area contributed by atoms with E-state index < -0.39 is 0 Å². The van der Waals surface area contributed by atoms with Gasteiger partial charge in [0, 0.05) is 38.5 Å². The Hall–Kier alpha value is -1.89. The normalized spacial score (nSPS) is 18.8. The fraction of sp³-hybridized carbons (Fsp3) is 0.474. The van der Waals surface area contributed by atoms with Gasteiger partial charge in [0.05, 0.1) is 18.4 Å². The Kier molecular flexibility index (Phi) is 6.29. The number of nitrogens with zero attached hydrogens (tertiary/aromatic N) is 3. The third kappa shape index (κ3) is 4.84. The summed E-state index contributed by atoms with van der Waals surface area (Å²) in [5.41, 5.74) is 1.44. The Morgan fingerprint density at radius 2 is 2.35 bits per heavy atom. The van der Waals surface area contributed by atoms with E-state index in [1.807, 2.05) is 28.8 Å². The second-order valence-corrected chi connectivity index (χ2v) is 7.30. The highest BCUT2D eigenvalue weighted by Crippen LogP contribution is 2.18. The molecule has 0 aromatic carbocycles. The zero-order valence-corrected chi connectivity index (χ0v) is 15.9. The van der Waals surface area contributed by atoms with E-state index in [2.05, 4.69) is 29.0 Å². The second-order valence-electron chi connectivity index (χ2n) is 6.94. The van der Waals surface area contributed by atoms with Gasteiger partial charge >= 0.3 is 0 Å². The van der Waals surface area contributed by atoms with Crippen LogP contribution >= 0.6 is 11.6 Å². The molecule has 1 fully saturated rings. The summed E-state index contributed by atoms with van der Waals surface area (Å²) in [7, 11) is 0. The lowest BCUT2D eigenvalue weighted by Crippen LogP contribution is -2.48. The molecule has 140 valence electrons. The summed E-state index contributed by atoms with van der Waals surface area (Å²) >= 11 is 6.17. The van der Waals surface area contributed by atoms with E-state index in [1.54, 1.807) is 6.08 Å². The van der Waals surface area contributed by atoms with Crippen molar-refractivity contribution in [3.05, 3.63) is 41.3 Å². The molecule has 0 saturated carbocycles. The van der Waals surface area contributed by atoms with Gasteiger partial charge in [0.2, 0.25) is 5.91 Å². The maximum atomic E-state index is 12.1. The fourth-order valence-corrected chi connectivity index (χ4v) is 3.39. The van der Waals surface area contributed by atoms with Crippen molar-refractivity contribution in [1.29, 1.82) is 0 Å². The molecule has 3 heterocycles. The van der Waals surface area contributed by atoms with Crippen LogP contribution in [0.5, 0.6) is 0 Å². The van der Waals surface area contributed by atoms with Crippen molar-refractivity contribution in [3.8, 4) is 0 Å². The van der Waals surface area contributed by atoms with Crippen LogP contribution in [0.25, 0.3) is 11.7 Å². The van der Waals surface area contributed by atoms with Crippen LogP contribution in [-0.4, -0.2) is 59.1 Å². The van der Waals surface area contributed by atoms with Crippen molar-refractivity contribution in [2.75, 3.05) is 32.8 Å². The molecule has 26 heavy (non-hydrogen) atoms. The predicted molar refractivity (Wildman–Crippen MR) is 103 cm³/mol. The molecule has 1 amide bonds. The lowest BCUT2D eigenvalue weighted by Gasteiger charge is -2.33. The molecule has 7 heteroatoms. The quantitative estimate of drug-likeness (QED) is 0.787. The summed E-state index contributed by atoms with van der Waals surface area (Å²) < 4.78 is 7.60. The van der Waals surface area contributed by atoms with Gasteiger partial charge in [-0.25, -0.2) is 4.98 Å². The van der Waals surface area contributed by atoms with E-state index in [4.69, 9.17) is 16.3 Å². The van der Waals surface area contributed by atoms with E-state index in [0.717, 1.165) is 25.3 Å². The van der Waals surface area contributed by atoms with Crippen molar-refractivity contribution in [2.24, 2.45) is 5.92 Å². The molecule has 1 aliphatic rings. The highest BCUT2D eigenvalue weighted by Gasteiger charge is 2.21. The first kappa shape index (κ1) is 18.9. The molecule has 2 aromatic heterocycles. The molecular weight excluding hydrogens is 352 g/mol.